The molecule has 2 rings (SSSR count). The van der Waals surface area contributed by atoms with Gasteiger partial charge in [-0.2, -0.15) is 13.2 Å². The molecule has 0 fully saturated rings. The fourth-order valence-corrected chi connectivity index (χ4v) is 2.55. The summed E-state index contributed by atoms with van der Waals surface area (Å²) in [6, 6.07) is 11.5. The molecule has 0 aromatic heterocycles. The maximum absolute atomic E-state index is 12.6. The summed E-state index contributed by atoms with van der Waals surface area (Å²) in [6.07, 6.45) is -4.54. The van der Waals surface area contributed by atoms with Crippen LogP contribution in [0.1, 0.15) is 21.5 Å². The van der Waals surface area contributed by atoms with Crippen LogP contribution in [0.15, 0.2) is 53.4 Å². The Balaban J connectivity index is 1.85. The van der Waals surface area contributed by atoms with E-state index < -0.39 is 23.6 Å². The molecule has 8 heteroatoms. The van der Waals surface area contributed by atoms with Gasteiger partial charge < -0.3 is 0 Å². The van der Waals surface area contributed by atoms with Crippen LogP contribution in [0.25, 0.3) is 0 Å². The number of hydrogen-bond donors (Lipinski definition) is 2. The molecule has 25 heavy (non-hydrogen) atoms. The minimum atomic E-state index is -4.54. The van der Waals surface area contributed by atoms with E-state index in [9.17, 15) is 22.8 Å². The number of rotatable bonds is 4. The molecule has 0 saturated heterocycles. The molecule has 0 aliphatic heterocycles. The Morgan fingerprint density at radius 2 is 1.72 bits per heavy atom. The van der Waals surface area contributed by atoms with Crippen molar-refractivity contribution in [3.63, 3.8) is 0 Å². The van der Waals surface area contributed by atoms with E-state index in [4.69, 9.17) is 0 Å². The van der Waals surface area contributed by atoms with Gasteiger partial charge in [0.2, 0.25) is 5.91 Å². The number of benzene rings is 2. The highest BCUT2D eigenvalue weighted by atomic mass is 32.2. The van der Waals surface area contributed by atoms with Crippen LogP contribution in [-0.4, -0.2) is 17.6 Å². The first kappa shape index (κ1) is 18.9. The molecule has 2 aromatic carbocycles. The Morgan fingerprint density at radius 3 is 2.36 bits per heavy atom. The lowest BCUT2D eigenvalue weighted by atomic mass is 10.1. The Hall–Kier alpha value is -2.48. The van der Waals surface area contributed by atoms with Crippen molar-refractivity contribution in [2.24, 2.45) is 0 Å². The first-order valence-corrected chi connectivity index (χ1v) is 8.20. The molecule has 0 aliphatic carbocycles. The third-order valence-corrected chi connectivity index (χ3v) is 4.17. The summed E-state index contributed by atoms with van der Waals surface area (Å²) in [5.74, 6) is -1.22. The normalized spacial score (nSPS) is 11.0. The van der Waals surface area contributed by atoms with E-state index in [2.05, 4.69) is 10.9 Å². The molecule has 2 amide bonds. The van der Waals surface area contributed by atoms with Crippen molar-refractivity contribution >= 4 is 23.6 Å². The molecular weight excluding hydrogens is 353 g/mol. The van der Waals surface area contributed by atoms with Crippen LogP contribution in [0.4, 0.5) is 13.2 Å². The minimum Gasteiger partial charge on any atom is -0.272 e. The van der Waals surface area contributed by atoms with Gasteiger partial charge in [-0.3, -0.25) is 20.4 Å². The number of nitrogens with one attached hydrogen (secondary N) is 2. The number of hydrazine groups is 1. The maximum Gasteiger partial charge on any atom is 0.416 e. The molecule has 4 nitrogen and oxygen atoms in total. The van der Waals surface area contributed by atoms with Crippen LogP contribution in [-0.2, 0) is 11.0 Å². The first-order chi connectivity index (χ1) is 11.8. The lowest BCUT2D eigenvalue weighted by Gasteiger charge is -2.10. The highest BCUT2D eigenvalue weighted by molar-refractivity contribution is 8.00. The van der Waals surface area contributed by atoms with E-state index in [-0.39, 0.29) is 11.3 Å². The van der Waals surface area contributed by atoms with Gasteiger partial charge in [-0.1, -0.05) is 23.8 Å². The summed E-state index contributed by atoms with van der Waals surface area (Å²) in [6.45, 7) is 1.95. The third kappa shape index (κ3) is 5.82. The van der Waals surface area contributed by atoms with Crippen molar-refractivity contribution < 1.29 is 22.8 Å². The Morgan fingerprint density at radius 1 is 1.04 bits per heavy atom. The summed E-state index contributed by atoms with van der Waals surface area (Å²) in [5, 5.41) is 0. The maximum atomic E-state index is 12.6. The minimum absolute atomic E-state index is 0.0614. The summed E-state index contributed by atoms with van der Waals surface area (Å²) in [4.78, 5) is 24.5. The summed E-state index contributed by atoms with van der Waals surface area (Å²) < 4.78 is 37.9. The van der Waals surface area contributed by atoms with E-state index in [0.29, 0.717) is 0 Å². The second-order valence-corrected chi connectivity index (χ2v) is 6.23. The molecular formula is C17H15F3N2O2S. The van der Waals surface area contributed by atoms with Crippen molar-refractivity contribution in [2.75, 3.05) is 5.75 Å². The summed E-state index contributed by atoms with van der Waals surface area (Å²) in [5.41, 5.74) is 4.26. The predicted octanol–water partition coefficient (Wildman–Crippen LogP) is 3.57. The molecule has 0 saturated carbocycles. The predicted molar refractivity (Wildman–Crippen MR) is 89.0 cm³/mol. The number of hydrogen-bond acceptors (Lipinski definition) is 3. The van der Waals surface area contributed by atoms with Gasteiger partial charge in [0, 0.05) is 10.5 Å². The molecule has 2 N–H and O–H groups in total. The second-order valence-electron chi connectivity index (χ2n) is 5.18. The van der Waals surface area contributed by atoms with E-state index in [1.165, 1.54) is 17.8 Å². The molecule has 0 radical (unpaired) electrons. The van der Waals surface area contributed by atoms with E-state index in [1.54, 1.807) is 0 Å². The van der Waals surface area contributed by atoms with Crippen molar-refractivity contribution in [1.29, 1.82) is 0 Å². The van der Waals surface area contributed by atoms with Crippen molar-refractivity contribution in [3.8, 4) is 0 Å². The van der Waals surface area contributed by atoms with Gasteiger partial charge in [0.05, 0.1) is 11.3 Å². The van der Waals surface area contributed by atoms with Crippen molar-refractivity contribution in [1.82, 2.24) is 10.9 Å². The van der Waals surface area contributed by atoms with Gasteiger partial charge in [0.1, 0.15) is 0 Å². The topological polar surface area (TPSA) is 58.2 Å². The lowest BCUT2D eigenvalue weighted by Crippen LogP contribution is -2.42. The fraction of sp³-hybridized carbons (Fsp3) is 0.176. The Kier molecular flexibility index (Phi) is 6.08. The van der Waals surface area contributed by atoms with Gasteiger partial charge in [-0.25, -0.2) is 0 Å². The molecule has 0 aliphatic rings. The number of halogens is 3. The van der Waals surface area contributed by atoms with Gasteiger partial charge in [-0.05, 0) is 37.3 Å². The van der Waals surface area contributed by atoms with Crippen molar-refractivity contribution in [3.05, 3.63) is 65.2 Å². The molecule has 0 atom stereocenters. The Bertz CT molecular complexity index is 761. The van der Waals surface area contributed by atoms with Crippen LogP contribution in [0.3, 0.4) is 0 Å². The first-order valence-electron chi connectivity index (χ1n) is 7.21. The van der Waals surface area contributed by atoms with Crippen LogP contribution >= 0.6 is 11.8 Å². The quantitative estimate of drug-likeness (QED) is 0.641. The molecule has 2 aromatic rings. The number of alkyl halides is 3. The Labute approximate surface area is 146 Å². The molecule has 132 valence electrons. The molecule has 0 heterocycles. The van der Waals surface area contributed by atoms with Crippen LogP contribution < -0.4 is 10.9 Å². The summed E-state index contributed by atoms with van der Waals surface area (Å²) in [7, 11) is 0. The van der Waals surface area contributed by atoms with Crippen molar-refractivity contribution in [2.45, 2.75) is 18.0 Å². The lowest BCUT2D eigenvalue weighted by molar-refractivity contribution is -0.137. The zero-order valence-electron chi connectivity index (χ0n) is 13.2. The highest BCUT2D eigenvalue weighted by Crippen LogP contribution is 2.29. The SMILES string of the molecule is Cc1ccc(SCC(=O)NNC(=O)c2cccc(C(F)(F)F)c2)cc1. The van der Waals surface area contributed by atoms with Gasteiger partial charge in [0.15, 0.2) is 0 Å². The van der Waals surface area contributed by atoms with Crippen LogP contribution in [0.2, 0.25) is 0 Å². The monoisotopic (exact) mass is 368 g/mol. The molecule has 0 spiro atoms. The average Bonchev–Trinajstić information content (AvgIpc) is 2.58. The standard InChI is InChI=1S/C17H15F3N2O2S/c1-11-5-7-14(8-6-11)25-10-15(23)21-22-16(24)12-3-2-4-13(9-12)17(18,19)20/h2-9H,10H2,1H3,(H,21,23)(H,22,24). The van der Waals surface area contributed by atoms with E-state index in [0.717, 1.165) is 28.7 Å². The van der Waals surface area contributed by atoms with Gasteiger partial charge in [-0.15, -0.1) is 11.8 Å². The molecule has 0 unspecified atom stereocenters. The highest BCUT2D eigenvalue weighted by Gasteiger charge is 2.30. The largest absolute Gasteiger partial charge is 0.416 e. The van der Waals surface area contributed by atoms with E-state index in [1.807, 2.05) is 31.2 Å². The number of amides is 2. The van der Waals surface area contributed by atoms with Gasteiger partial charge in [0.25, 0.3) is 5.91 Å². The van der Waals surface area contributed by atoms with Crippen LogP contribution in [0.5, 0.6) is 0 Å². The van der Waals surface area contributed by atoms with Crippen LogP contribution in [0, 0.1) is 6.92 Å². The zero-order valence-corrected chi connectivity index (χ0v) is 14.0. The molecule has 0 bridgehead atoms. The van der Waals surface area contributed by atoms with E-state index >= 15 is 0 Å². The number of aryl methyl sites for hydroxylation is 1. The second kappa shape index (κ2) is 8.06. The number of thioether (sulfide) groups is 1. The third-order valence-electron chi connectivity index (χ3n) is 3.16. The fourth-order valence-electron chi connectivity index (χ4n) is 1.85. The smallest absolute Gasteiger partial charge is 0.272 e. The number of carbonyl (C=O) groups is 2. The number of carbonyl (C=O) groups excluding carboxylic acids is 2. The van der Waals surface area contributed by atoms with Gasteiger partial charge >= 0.3 is 6.18 Å². The summed E-state index contributed by atoms with van der Waals surface area (Å²) >= 11 is 1.28. The zero-order chi connectivity index (χ0) is 18.4. The average molecular weight is 368 g/mol.